The first-order valence-electron chi connectivity index (χ1n) is 5.91. The Morgan fingerprint density at radius 2 is 2.00 bits per heavy atom. The first kappa shape index (κ1) is 10.5. The lowest BCUT2D eigenvalue weighted by Gasteiger charge is -2.16. The fourth-order valence-corrected chi connectivity index (χ4v) is 4.21. The Morgan fingerprint density at radius 1 is 1.29 bits per heavy atom. The lowest BCUT2D eigenvalue weighted by Crippen LogP contribution is -2.14. The Morgan fingerprint density at radius 3 is 2.57 bits per heavy atom. The minimum atomic E-state index is 0.335. The molecule has 0 saturated heterocycles. The molecule has 0 amide bonds. The van der Waals surface area contributed by atoms with Gasteiger partial charge in [-0.05, 0) is 30.9 Å². The van der Waals surface area contributed by atoms with Crippen LogP contribution in [0.15, 0.2) is 0 Å². The number of hydrogen-bond acceptors (Lipinski definition) is 2. The average molecular weight is 212 g/mol. The molecule has 1 nitrogen and oxygen atoms in total. The maximum absolute atomic E-state index is 11.4. The third kappa shape index (κ3) is 2.33. The van der Waals surface area contributed by atoms with Crippen LogP contribution in [0.2, 0.25) is 0 Å². The molecule has 2 saturated carbocycles. The zero-order chi connectivity index (χ0) is 9.97. The van der Waals surface area contributed by atoms with Gasteiger partial charge in [-0.1, -0.05) is 19.8 Å². The van der Waals surface area contributed by atoms with E-state index in [0.717, 1.165) is 18.8 Å². The van der Waals surface area contributed by atoms with Crippen molar-refractivity contribution in [3.8, 4) is 0 Å². The summed E-state index contributed by atoms with van der Waals surface area (Å²) in [5.74, 6) is 3.10. The van der Waals surface area contributed by atoms with E-state index in [1.807, 2.05) is 0 Å². The molecule has 0 aliphatic heterocycles. The second-order valence-corrected chi connectivity index (χ2v) is 6.09. The van der Waals surface area contributed by atoms with E-state index in [1.54, 1.807) is 0 Å². The van der Waals surface area contributed by atoms with E-state index in [0.29, 0.717) is 17.0 Å². The summed E-state index contributed by atoms with van der Waals surface area (Å²) in [6.45, 7) is 2.11. The molecule has 2 unspecified atom stereocenters. The molecule has 2 fully saturated rings. The van der Waals surface area contributed by atoms with Crippen LogP contribution in [0.4, 0.5) is 0 Å². The van der Waals surface area contributed by atoms with Crippen molar-refractivity contribution in [1.29, 1.82) is 0 Å². The maximum atomic E-state index is 11.4. The van der Waals surface area contributed by atoms with Crippen molar-refractivity contribution in [2.24, 2.45) is 11.8 Å². The standard InChI is InChI=1S/C12H20OS/c1-9-11(13)6-7-12(9)14-8-10-4-2-3-5-10/h9-10,12H,2-8H2,1H3. The third-order valence-corrected chi connectivity index (χ3v) is 5.50. The molecule has 0 N–H and O–H groups in total. The van der Waals surface area contributed by atoms with Crippen LogP contribution in [0.5, 0.6) is 0 Å². The van der Waals surface area contributed by atoms with E-state index in [-0.39, 0.29) is 0 Å². The van der Waals surface area contributed by atoms with Gasteiger partial charge in [0.1, 0.15) is 5.78 Å². The molecule has 0 aromatic rings. The fourth-order valence-electron chi connectivity index (χ4n) is 2.63. The quantitative estimate of drug-likeness (QED) is 0.714. The molecule has 2 rings (SSSR count). The highest BCUT2D eigenvalue weighted by Gasteiger charge is 2.31. The summed E-state index contributed by atoms with van der Waals surface area (Å²) in [4.78, 5) is 11.4. The fraction of sp³-hybridized carbons (Fsp3) is 0.917. The SMILES string of the molecule is CC1C(=O)CCC1SCC1CCCC1. The van der Waals surface area contributed by atoms with E-state index in [2.05, 4.69) is 18.7 Å². The Kier molecular flexibility index (Phi) is 3.53. The van der Waals surface area contributed by atoms with Crippen LogP contribution in [-0.4, -0.2) is 16.8 Å². The van der Waals surface area contributed by atoms with E-state index in [1.165, 1.54) is 31.4 Å². The van der Waals surface area contributed by atoms with Crippen molar-refractivity contribution in [2.75, 3.05) is 5.75 Å². The van der Waals surface area contributed by atoms with Crippen LogP contribution in [0.3, 0.4) is 0 Å². The molecule has 2 heteroatoms. The van der Waals surface area contributed by atoms with Crippen LogP contribution in [0, 0.1) is 11.8 Å². The number of Topliss-reactive ketones (excluding diaryl/α,β-unsaturated/α-hetero) is 1. The summed E-state index contributed by atoms with van der Waals surface area (Å²) < 4.78 is 0. The van der Waals surface area contributed by atoms with E-state index in [9.17, 15) is 4.79 Å². The summed E-state index contributed by atoms with van der Waals surface area (Å²) in [5.41, 5.74) is 0. The number of carbonyl (C=O) groups is 1. The number of hydrogen-bond donors (Lipinski definition) is 0. The Labute approximate surface area is 91.0 Å². The predicted octanol–water partition coefficient (Wildman–Crippen LogP) is 3.28. The van der Waals surface area contributed by atoms with Crippen molar-refractivity contribution in [2.45, 2.75) is 50.7 Å². The molecule has 2 aliphatic rings. The minimum absolute atomic E-state index is 0.335. The highest BCUT2D eigenvalue weighted by atomic mass is 32.2. The number of ketones is 1. The largest absolute Gasteiger partial charge is 0.299 e. The number of thioether (sulfide) groups is 1. The van der Waals surface area contributed by atoms with E-state index in [4.69, 9.17) is 0 Å². The Hall–Kier alpha value is 0.0200. The summed E-state index contributed by atoms with van der Waals surface area (Å²) in [6.07, 6.45) is 7.71. The average Bonchev–Trinajstić information content (AvgIpc) is 2.77. The molecule has 0 bridgehead atoms. The third-order valence-electron chi connectivity index (χ3n) is 3.76. The lowest BCUT2D eigenvalue weighted by molar-refractivity contribution is -0.120. The van der Waals surface area contributed by atoms with Gasteiger partial charge >= 0.3 is 0 Å². The summed E-state index contributed by atoms with van der Waals surface area (Å²) in [7, 11) is 0. The second kappa shape index (κ2) is 4.69. The Balaban J connectivity index is 1.72. The van der Waals surface area contributed by atoms with Crippen LogP contribution in [0.25, 0.3) is 0 Å². The normalized spacial score (nSPS) is 34.2. The predicted molar refractivity (Wildman–Crippen MR) is 61.6 cm³/mol. The first-order chi connectivity index (χ1) is 6.77. The van der Waals surface area contributed by atoms with Gasteiger partial charge in [0.25, 0.3) is 0 Å². The van der Waals surface area contributed by atoms with Gasteiger partial charge in [0, 0.05) is 17.6 Å². The molecular weight excluding hydrogens is 192 g/mol. The maximum Gasteiger partial charge on any atom is 0.136 e. The van der Waals surface area contributed by atoms with Gasteiger partial charge in [0.05, 0.1) is 0 Å². The van der Waals surface area contributed by atoms with Crippen LogP contribution in [-0.2, 0) is 4.79 Å². The molecule has 2 aliphatic carbocycles. The van der Waals surface area contributed by atoms with Gasteiger partial charge in [0.2, 0.25) is 0 Å². The molecule has 0 aromatic carbocycles. The Bertz CT molecular complexity index is 208. The van der Waals surface area contributed by atoms with Crippen molar-refractivity contribution in [3.05, 3.63) is 0 Å². The lowest BCUT2D eigenvalue weighted by atomic mass is 10.1. The number of carbonyl (C=O) groups excluding carboxylic acids is 1. The first-order valence-corrected chi connectivity index (χ1v) is 6.96. The number of rotatable bonds is 3. The van der Waals surface area contributed by atoms with Crippen molar-refractivity contribution < 1.29 is 4.79 Å². The van der Waals surface area contributed by atoms with Crippen molar-refractivity contribution in [3.63, 3.8) is 0 Å². The van der Waals surface area contributed by atoms with E-state index < -0.39 is 0 Å². The van der Waals surface area contributed by atoms with E-state index >= 15 is 0 Å². The molecular formula is C12H20OS. The van der Waals surface area contributed by atoms with Gasteiger partial charge in [-0.25, -0.2) is 0 Å². The monoisotopic (exact) mass is 212 g/mol. The molecule has 2 atom stereocenters. The van der Waals surface area contributed by atoms with Crippen molar-refractivity contribution in [1.82, 2.24) is 0 Å². The molecule has 80 valence electrons. The zero-order valence-corrected chi connectivity index (χ0v) is 9.81. The molecule has 0 spiro atoms. The molecule has 0 aromatic heterocycles. The molecule has 0 heterocycles. The van der Waals surface area contributed by atoms with Gasteiger partial charge in [-0.3, -0.25) is 4.79 Å². The summed E-state index contributed by atoms with van der Waals surface area (Å²) in [6, 6.07) is 0. The van der Waals surface area contributed by atoms with Gasteiger partial charge < -0.3 is 0 Å². The van der Waals surface area contributed by atoms with Gasteiger partial charge in [-0.15, -0.1) is 0 Å². The highest BCUT2D eigenvalue weighted by molar-refractivity contribution is 7.99. The second-order valence-electron chi connectivity index (χ2n) is 4.82. The topological polar surface area (TPSA) is 17.1 Å². The van der Waals surface area contributed by atoms with Crippen molar-refractivity contribution >= 4 is 17.5 Å². The minimum Gasteiger partial charge on any atom is -0.299 e. The van der Waals surface area contributed by atoms with Crippen LogP contribution in [0.1, 0.15) is 45.4 Å². The molecule has 0 radical (unpaired) electrons. The van der Waals surface area contributed by atoms with Gasteiger partial charge in [-0.2, -0.15) is 11.8 Å². The van der Waals surface area contributed by atoms with Gasteiger partial charge in [0.15, 0.2) is 0 Å². The summed E-state index contributed by atoms with van der Waals surface area (Å²) in [5, 5.41) is 0.642. The highest BCUT2D eigenvalue weighted by Crippen LogP contribution is 2.36. The summed E-state index contributed by atoms with van der Waals surface area (Å²) >= 11 is 2.07. The smallest absolute Gasteiger partial charge is 0.136 e. The van der Waals surface area contributed by atoms with Crippen LogP contribution >= 0.6 is 11.8 Å². The molecule has 14 heavy (non-hydrogen) atoms. The van der Waals surface area contributed by atoms with Crippen LogP contribution < -0.4 is 0 Å². The zero-order valence-electron chi connectivity index (χ0n) is 9.00.